The molecule has 0 spiro atoms. The molecule has 1 heterocycles. The summed E-state index contributed by atoms with van der Waals surface area (Å²) in [6.07, 6.45) is 8.00. The van der Waals surface area contributed by atoms with Crippen molar-refractivity contribution in [2.75, 3.05) is 0 Å². The van der Waals surface area contributed by atoms with Gasteiger partial charge < -0.3 is 9.84 Å². The summed E-state index contributed by atoms with van der Waals surface area (Å²) in [5.41, 5.74) is 2.60. The Hall–Kier alpha value is -2.66. The zero-order valence-electron chi connectivity index (χ0n) is 14.6. The Balaban J connectivity index is 1.72. The Morgan fingerprint density at radius 1 is 1.23 bits per heavy atom. The van der Waals surface area contributed by atoms with Gasteiger partial charge in [-0.2, -0.15) is 0 Å². The van der Waals surface area contributed by atoms with Crippen LogP contribution in [0.5, 0.6) is 5.75 Å². The van der Waals surface area contributed by atoms with Crippen LogP contribution in [0.1, 0.15) is 44.1 Å². The van der Waals surface area contributed by atoms with Crippen LogP contribution in [-0.2, 0) is 4.74 Å². The Morgan fingerprint density at radius 3 is 2.65 bits per heavy atom. The predicted molar refractivity (Wildman–Crippen MR) is 103 cm³/mol. The maximum Gasteiger partial charge on any atom is 0.353 e. The molecule has 0 fully saturated rings. The standard InChI is InChI=1S/C21H19FO3S/c1-13-11-15(12-14(2)20(13)23)7-8-16-9-10-19(26-16)21(24)25-18-6-4-3-5-17(18)22/h4,6-12,23H,3,5H2,1-2H3/b8-7+. The molecule has 1 aliphatic carbocycles. The maximum atomic E-state index is 13.7. The number of halogens is 1. The number of benzene rings is 1. The number of hydrogen-bond donors (Lipinski definition) is 1. The molecule has 134 valence electrons. The number of hydrogen-bond acceptors (Lipinski definition) is 4. The van der Waals surface area contributed by atoms with Crippen LogP contribution in [0.2, 0.25) is 0 Å². The topological polar surface area (TPSA) is 46.5 Å². The minimum atomic E-state index is -0.553. The van der Waals surface area contributed by atoms with Crippen molar-refractivity contribution in [3.05, 3.63) is 74.4 Å². The number of ether oxygens (including phenoxy) is 1. The molecule has 1 aliphatic rings. The SMILES string of the molecule is Cc1cc(/C=C/c2ccc(C(=O)OC3=C(F)CCC=C3)s2)cc(C)c1O. The van der Waals surface area contributed by atoms with E-state index in [1.165, 1.54) is 17.4 Å². The third-order valence-electron chi connectivity index (χ3n) is 4.05. The molecule has 0 aliphatic heterocycles. The lowest BCUT2D eigenvalue weighted by Crippen LogP contribution is -2.04. The lowest BCUT2D eigenvalue weighted by atomic mass is 10.1. The van der Waals surface area contributed by atoms with Gasteiger partial charge in [0.25, 0.3) is 0 Å². The molecule has 0 radical (unpaired) electrons. The van der Waals surface area contributed by atoms with E-state index in [4.69, 9.17) is 4.74 Å². The van der Waals surface area contributed by atoms with Crippen molar-refractivity contribution in [1.29, 1.82) is 0 Å². The third-order valence-corrected chi connectivity index (χ3v) is 5.08. The summed E-state index contributed by atoms with van der Waals surface area (Å²) in [4.78, 5) is 13.5. The highest BCUT2D eigenvalue weighted by Crippen LogP contribution is 2.26. The van der Waals surface area contributed by atoms with Crippen molar-refractivity contribution in [3.8, 4) is 5.75 Å². The Labute approximate surface area is 155 Å². The van der Waals surface area contributed by atoms with Gasteiger partial charge in [0.15, 0.2) is 5.76 Å². The monoisotopic (exact) mass is 370 g/mol. The predicted octanol–water partition coefficient (Wildman–Crippen LogP) is 5.93. The summed E-state index contributed by atoms with van der Waals surface area (Å²) in [6, 6.07) is 7.28. The van der Waals surface area contributed by atoms with E-state index >= 15 is 0 Å². The molecule has 0 bridgehead atoms. The van der Waals surface area contributed by atoms with Crippen molar-refractivity contribution in [1.82, 2.24) is 0 Å². The number of aromatic hydroxyl groups is 1. The molecule has 0 atom stereocenters. The zero-order valence-corrected chi connectivity index (χ0v) is 15.4. The van der Waals surface area contributed by atoms with Gasteiger partial charge in [0.05, 0.1) is 0 Å². The molecule has 1 N–H and O–H groups in total. The average molecular weight is 370 g/mol. The number of thiophene rings is 1. The van der Waals surface area contributed by atoms with Gasteiger partial charge in [-0.25, -0.2) is 9.18 Å². The van der Waals surface area contributed by atoms with E-state index in [2.05, 4.69) is 0 Å². The third kappa shape index (κ3) is 4.11. The second-order valence-electron chi connectivity index (χ2n) is 6.14. The van der Waals surface area contributed by atoms with E-state index in [1.807, 2.05) is 44.2 Å². The lowest BCUT2D eigenvalue weighted by Gasteiger charge is -2.08. The maximum absolute atomic E-state index is 13.7. The summed E-state index contributed by atoms with van der Waals surface area (Å²) < 4.78 is 18.8. The molecule has 0 unspecified atom stereocenters. The summed E-state index contributed by atoms with van der Waals surface area (Å²) >= 11 is 1.28. The molecule has 1 aromatic carbocycles. The van der Waals surface area contributed by atoms with Gasteiger partial charge in [0.1, 0.15) is 16.5 Å². The summed E-state index contributed by atoms with van der Waals surface area (Å²) in [7, 11) is 0. The van der Waals surface area contributed by atoms with E-state index in [1.54, 1.807) is 12.1 Å². The highest BCUT2D eigenvalue weighted by Gasteiger charge is 2.16. The number of esters is 1. The molecule has 0 amide bonds. The molecule has 0 saturated carbocycles. The number of carbonyl (C=O) groups is 1. The van der Waals surface area contributed by atoms with Crippen LogP contribution in [0, 0.1) is 13.8 Å². The fraction of sp³-hybridized carbons (Fsp3) is 0.190. The Kier molecular flexibility index (Phi) is 5.38. The van der Waals surface area contributed by atoms with Crippen LogP contribution in [0.4, 0.5) is 4.39 Å². The minimum Gasteiger partial charge on any atom is -0.507 e. The van der Waals surface area contributed by atoms with Crippen LogP contribution in [0.3, 0.4) is 0 Å². The average Bonchev–Trinajstić information content (AvgIpc) is 3.09. The fourth-order valence-electron chi connectivity index (χ4n) is 2.67. The van der Waals surface area contributed by atoms with Crippen molar-refractivity contribution >= 4 is 29.5 Å². The molecule has 0 saturated heterocycles. The second-order valence-corrected chi connectivity index (χ2v) is 7.25. The largest absolute Gasteiger partial charge is 0.507 e. The molecule has 5 heteroatoms. The Morgan fingerprint density at radius 2 is 1.96 bits per heavy atom. The zero-order chi connectivity index (χ0) is 18.7. The number of phenols is 1. The van der Waals surface area contributed by atoms with Crippen molar-refractivity contribution < 1.29 is 19.0 Å². The van der Waals surface area contributed by atoms with E-state index in [0.29, 0.717) is 17.0 Å². The number of aryl methyl sites for hydroxylation is 2. The van der Waals surface area contributed by atoms with Crippen LogP contribution < -0.4 is 0 Å². The van der Waals surface area contributed by atoms with E-state index < -0.39 is 11.8 Å². The highest BCUT2D eigenvalue weighted by atomic mass is 32.1. The number of rotatable bonds is 4. The molecule has 3 rings (SSSR count). The van der Waals surface area contributed by atoms with E-state index in [9.17, 15) is 14.3 Å². The molecular weight excluding hydrogens is 351 g/mol. The number of carbonyl (C=O) groups excluding carboxylic acids is 1. The smallest absolute Gasteiger partial charge is 0.353 e. The van der Waals surface area contributed by atoms with Crippen molar-refractivity contribution in [2.45, 2.75) is 26.7 Å². The van der Waals surface area contributed by atoms with Gasteiger partial charge in [-0.1, -0.05) is 12.2 Å². The number of allylic oxidation sites excluding steroid dienone is 3. The molecule has 26 heavy (non-hydrogen) atoms. The van der Waals surface area contributed by atoms with Gasteiger partial charge in [-0.05, 0) is 73.4 Å². The molecule has 3 nitrogen and oxygen atoms in total. The van der Waals surface area contributed by atoms with Crippen molar-refractivity contribution in [2.24, 2.45) is 0 Å². The van der Waals surface area contributed by atoms with E-state index in [0.717, 1.165) is 21.6 Å². The van der Waals surface area contributed by atoms with Gasteiger partial charge in [0, 0.05) is 11.3 Å². The minimum absolute atomic E-state index is 0.00165. The number of phenolic OH excluding ortho intramolecular Hbond substituents is 1. The summed E-state index contributed by atoms with van der Waals surface area (Å²) in [6.45, 7) is 3.71. The van der Waals surface area contributed by atoms with Crippen molar-refractivity contribution in [3.63, 3.8) is 0 Å². The lowest BCUT2D eigenvalue weighted by molar-refractivity contribution is 0.0631. The normalized spacial score (nSPS) is 14.3. The first kappa shape index (κ1) is 18.1. The first-order valence-corrected chi connectivity index (χ1v) is 9.11. The van der Waals surface area contributed by atoms with Crippen LogP contribution in [0.25, 0.3) is 12.2 Å². The van der Waals surface area contributed by atoms with E-state index in [-0.39, 0.29) is 12.2 Å². The Bertz CT molecular complexity index is 911. The summed E-state index contributed by atoms with van der Waals surface area (Å²) in [5, 5.41) is 9.83. The van der Waals surface area contributed by atoms with Crippen LogP contribution >= 0.6 is 11.3 Å². The second kappa shape index (κ2) is 7.70. The highest BCUT2D eigenvalue weighted by molar-refractivity contribution is 7.14. The quantitative estimate of drug-likeness (QED) is 0.679. The molecule has 1 aromatic heterocycles. The van der Waals surface area contributed by atoms with Gasteiger partial charge in [-0.3, -0.25) is 0 Å². The van der Waals surface area contributed by atoms with Gasteiger partial charge in [0.2, 0.25) is 0 Å². The fourth-order valence-corrected chi connectivity index (χ4v) is 3.46. The van der Waals surface area contributed by atoms with Crippen LogP contribution in [-0.4, -0.2) is 11.1 Å². The first-order valence-electron chi connectivity index (χ1n) is 8.29. The first-order chi connectivity index (χ1) is 12.4. The molecule has 2 aromatic rings. The summed E-state index contributed by atoms with van der Waals surface area (Å²) in [5.74, 6) is -0.637. The van der Waals surface area contributed by atoms with Crippen LogP contribution in [0.15, 0.2) is 48.0 Å². The van der Waals surface area contributed by atoms with Gasteiger partial charge in [-0.15, -0.1) is 11.3 Å². The molecular formula is C21H19FO3S. The van der Waals surface area contributed by atoms with Gasteiger partial charge >= 0.3 is 5.97 Å².